The molecule has 1 aliphatic rings. The zero-order valence-corrected chi connectivity index (χ0v) is 15.4. The Bertz CT molecular complexity index is 584. The minimum atomic E-state index is -3.17. The van der Waals surface area contributed by atoms with E-state index < -0.39 is 10.0 Å². The Balaban J connectivity index is 1.84. The second kappa shape index (κ2) is 8.80. The molecule has 1 fully saturated rings. The molecular weight excluding hydrogens is 332 g/mol. The van der Waals surface area contributed by atoms with Gasteiger partial charge in [0.05, 0.1) is 5.75 Å². The van der Waals surface area contributed by atoms with Crippen molar-refractivity contribution in [2.45, 2.75) is 39.0 Å². The molecule has 1 saturated heterocycles. The van der Waals surface area contributed by atoms with Gasteiger partial charge in [0.2, 0.25) is 15.9 Å². The van der Waals surface area contributed by atoms with Crippen molar-refractivity contribution in [3.05, 3.63) is 22.4 Å². The van der Waals surface area contributed by atoms with E-state index in [1.54, 1.807) is 15.6 Å². The summed E-state index contributed by atoms with van der Waals surface area (Å²) in [6.45, 7) is 4.11. The van der Waals surface area contributed by atoms with Crippen molar-refractivity contribution in [2.24, 2.45) is 0 Å². The van der Waals surface area contributed by atoms with Gasteiger partial charge in [-0.2, -0.15) is 0 Å². The normalized spacial score (nSPS) is 17.2. The number of nitrogens with zero attached hydrogens (tertiary/aromatic N) is 2. The van der Waals surface area contributed by atoms with Crippen molar-refractivity contribution in [1.29, 1.82) is 0 Å². The largest absolute Gasteiger partial charge is 0.341 e. The fourth-order valence-corrected chi connectivity index (χ4v) is 5.11. The van der Waals surface area contributed by atoms with E-state index in [2.05, 4.69) is 0 Å². The van der Waals surface area contributed by atoms with Gasteiger partial charge < -0.3 is 4.90 Å². The van der Waals surface area contributed by atoms with Gasteiger partial charge in [-0.1, -0.05) is 19.4 Å². The van der Waals surface area contributed by atoms with Crippen LogP contribution in [0.1, 0.15) is 37.5 Å². The van der Waals surface area contributed by atoms with Gasteiger partial charge in [0.25, 0.3) is 0 Å². The third-order valence-corrected chi connectivity index (χ3v) is 7.01. The van der Waals surface area contributed by atoms with Gasteiger partial charge in [0.15, 0.2) is 0 Å². The SMILES string of the molecule is CCCCS(=O)(=O)N1CCCN(C(=O)CCc2cccs2)CC1. The van der Waals surface area contributed by atoms with Crippen molar-refractivity contribution in [2.75, 3.05) is 31.9 Å². The predicted octanol–water partition coefficient (Wildman–Crippen LogP) is 2.34. The van der Waals surface area contributed by atoms with Crippen LogP contribution < -0.4 is 0 Å². The molecule has 5 nitrogen and oxygen atoms in total. The molecule has 1 aromatic rings. The topological polar surface area (TPSA) is 57.7 Å². The number of thiophene rings is 1. The Kier molecular flexibility index (Phi) is 7.05. The summed E-state index contributed by atoms with van der Waals surface area (Å²) in [5.41, 5.74) is 0. The molecule has 2 rings (SSSR count). The standard InChI is InChI=1S/C16H26N2O3S2/c1-2-3-14-23(20,21)18-10-5-9-17(11-12-18)16(19)8-7-15-6-4-13-22-15/h4,6,13H,2-3,5,7-12,14H2,1H3. The highest BCUT2D eigenvalue weighted by Gasteiger charge is 2.26. The number of unbranched alkanes of at least 4 members (excludes halogenated alkanes) is 1. The third kappa shape index (κ3) is 5.58. The molecule has 0 spiro atoms. The van der Waals surface area contributed by atoms with E-state index in [1.165, 1.54) is 4.88 Å². The molecule has 0 aliphatic carbocycles. The summed E-state index contributed by atoms with van der Waals surface area (Å²) >= 11 is 1.67. The monoisotopic (exact) mass is 358 g/mol. The summed E-state index contributed by atoms with van der Waals surface area (Å²) in [6, 6.07) is 4.04. The van der Waals surface area contributed by atoms with Crippen molar-refractivity contribution in [3.63, 3.8) is 0 Å². The highest BCUT2D eigenvalue weighted by molar-refractivity contribution is 7.89. The molecule has 1 aliphatic heterocycles. The average molecular weight is 359 g/mol. The van der Waals surface area contributed by atoms with Gasteiger partial charge in [-0.15, -0.1) is 11.3 Å². The van der Waals surface area contributed by atoms with Crippen LogP contribution in [0.25, 0.3) is 0 Å². The van der Waals surface area contributed by atoms with Crippen LogP contribution in [0.15, 0.2) is 17.5 Å². The Morgan fingerprint density at radius 2 is 2.09 bits per heavy atom. The third-order valence-electron chi connectivity index (χ3n) is 4.12. The summed E-state index contributed by atoms with van der Waals surface area (Å²) in [4.78, 5) is 15.4. The lowest BCUT2D eigenvalue weighted by atomic mass is 10.2. The van der Waals surface area contributed by atoms with E-state index in [4.69, 9.17) is 0 Å². The quantitative estimate of drug-likeness (QED) is 0.752. The first-order valence-electron chi connectivity index (χ1n) is 8.31. The lowest BCUT2D eigenvalue weighted by Crippen LogP contribution is -2.38. The maximum atomic E-state index is 12.3. The van der Waals surface area contributed by atoms with Gasteiger partial charge in [0.1, 0.15) is 0 Å². The molecule has 1 amide bonds. The highest BCUT2D eigenvalue weighted by Crippen LogP contribution is 2.14. The molecule has 7 heteroatoms. The first kappa shape index (κ1) is 18.4. The number of carbonyl (C=O) groups is 1. The van der Waals surface area contributed by atoms with Gasteiger partial charge in [-0.05, 0) is 30.7 Å². The summed E-state index contributed by atoms with van der Waals surface area (Å²) in [5, 5.41) is 2.02. The van der Waals surface area contributed by atoms with E-state index in [-0.39, 0.29) is 11.7 Å². The fourth-order valence-electron chi connectivity index (χ4n) is 2.72. The number of amides is 1. The first-order valence-corrected chi connectivity index (χ1v) is 10.8. The number of hydrogen-bond donors (Lipinski definition) is 0. The minimum absolute atomic E-state index is 0.131. The second-order valence-corrected chi connectivity index (χ2v) is 9.00. The van der Waals surface area contributed by atoms with Gasteiger partial charge in [-0.25, -0.2) is 12.7 Å². The number of sulfonamides is 1. The molecule has 0 radical (unpaired) electrons. The fraction of sp³-hybridized carbons (Fsp3) is 0.688. The average Bonchev–Trinajstić information content (AvgIpc) is 2.92. The zero-order valence-electron chi connectivity index (χ0n) is 13.7. The summed E-state index contributed by atoms with van der Waals surface area (Å²) in [7, 11) is -3.17. The Labute approximate surface area is 143 Å². The van der Waals surface area contributed by atoms with Crippen LogP contribution in [0.5, 0.6) is 0 Å². The summed E-state index contributed by atoms with van der Waals surface area (Å²) in [5.74, 6) is 0.349. The molecule has 0 aromatic carbocycles. The smallest absolute Gasteiger partial charge is 0.222 e. The molecule has 0 unspecified atom stereocenters. The molecule has 0 bridgehead atoms. The van der Waals surface area contributed by atoms with Crippen LogP contribution in [0.2, 0.25) is 0 Å². The van der Waals surface area contributed by atoms with E-state index in [1.807, 2.05) is 29.3 Å². The van der Waals surface area contributed by atoms with Crippen LogP contribution in [0.3, 0.4) is 0 Å². The highest BCUT2D eigenvalue weighted by atomic mass is 32.2. The Hall–Kier alpha value is -0.920. The molecule has 0 N–H and O–H groups in total. The van der Waals surface area contributed by atoms with Crippen LogP contribution in [0.4, 0.5) is 0 Å². The minimum Gasteiger partial charge on any atom is -0.341 e. The summed E-state index contributed by atoms with van der Waals surface area (Å²) in [6.07, 6.45) is 3.56. The lowest BCUT2D eigenvalue weighted by molar-refractivity contribution is -0.131. The second-order valence-electron chi connectivity index (χ2n) is 5.88. The maximum Gasteiger partial charge on any atom is 0.222 e. The predicted molar refractivity (Wildman–Crippen MR) is 94.1 cm³/mol. The molecule has 0 atom stereocenters. The number of rotatable bonds is 7. The van der Waals surface area contributed by atoms with Crippen molar-refractivity contribution >= 4 is 27.3 Å². The van der Waals surface area contributed by atoms with Gasteiger partial charge in [0, 0.05) is 37.5 Å². The molecular formula is C16H26N2O3S2. The first-order chi connectivity index (χ1) is 11.0. The van der Waals surface area contributed by atoms with Crippen LogP contribution in [0, 0.1) is 0 Å². The lowest BCUT2D eigenvalue weighted by Gasteiger charge is -2.22. The van der Waals surface area contributed by atoms with E-state index >= 15 is 0 Å². The number of carbonyl (C=O) groups excluding carboxylic acids is 1. The van der Waals surface area contributed by atoms with Gasteiger partial charge in [-0.3, -0.25) is 4.79 Å². The number of hydrogen-bond acceptors (Lipinski definition) is 4. The molecule has 2 heterocycles. The zero-order chi connectivity index (χ0) is 16.7. The van der Waals surface area contributed by atoms with Crippen LogP contribution in [-0.4, -0.2) is 55.5 Å². The van der Waals surface area contributed by atoms with E-state index in [0.717, 1.165) is 19.3 Å². The van der Waals surface area contributed by atoms with Crippen LogP contribution >= 0.6 is 11.3 Å². The van der Waals surface area contributed by atoms with Gasteiger partial charge >= 0.3 is 0 Å². The summed E-state index contributed by atoms with van der Waals surface area (Å²) < 4.78 is 26.1. The molecule has 0 saturated carbocycles. The van der Waals surface area contributed by atoms with Crippen molar-refractivity contribution < 1.29 is 13.2 Å². The number of aryl methyl sites for hydroxylation is 1. The van der Waals surface area contributed by atoms with E-state index in [0.29, 0.717) is 39.0 Å². The Morgan fingerprint density at radius 3 is 2.78 bits per heavy atom. The van der Waals surface area contributed by atoms with Crippen molar-refractivity contribution in [1.82, 2.24) is 9.21 Å². The Morgan fingerprint density at radius 1 is 1.26 bits per heavy atom. The molecule has 130 valence electrons. The van der Waals surface area contributed by atoms with Crippen LogP contribution in [-0.2, 0) is 21.2 Å². The van der Waals surface area contributed by atoms with Crippen molar-refractivity contribution in [3.8, 4) is 0 Å². The van der Waals surface area contributed by atoms with E-state index in [9.17, 15) is 13.2 Å². The maximum absolute atomic E-state index is 12.3. The molecule has 23 heavy (non-hydrogen) atoms. The molecule has 1 aromatic heterocycles.